The smallest absolute Gasteiger partial charge is 0.0396 e. The molecular formula is C8H9ClIN. The second-order valence-corrected chi connectivity index (χ2v) is 3.75. The van der Waals surface area contributed by atoms with E-state index in [-0.39, 0.29) is 0 Å². The highest BCUT2D eigenvalue weighted by molar-refractivity contribution is 14.1. The molecule has 0 saturated heterocycles. The van der Waals surface area contributed by atoms with Gasteiger partial charge in [-0.25, -0.2) is 0 Å². The molecule has 0 fully saturated rings. The third-order valence-corrected chi connectivity index (χ3v) is 2.18. The number of benzene rings is 1. The van der Waals surface area contributed by atoms with E-state index in [0.29, 0.717) is 5.88 Å². The van der Waals surface area contributed by atoms with Gasteiger partial charge in [0.05, 0.1) is 0 Å². The van der Waals surface area contributed by atoms with Gasteiger partial charge in [0.25, 0.3) is 0 Å². The second kappa shape index (κ2) is 4.83. The Labute approximate surface area is 85.3 Å². The number of hydrogen-bond donors (Lipinski definition) is 1. The normalized spacial score (nSPS) is 9.64. The van der Waals surface area contributed by atoms with E-state index in [1.807, 2.05) is 12.1 Å². The van der Waals surface area contributed by atoms with Crippen LogP contribution >= 0.6 is 34.2 Å². The van der Waals surface area contributed by atoms with Gasteiger partial charge in [0.2, 0.25) is 0 Å². The monoisotopic (exact) mass is 281 g/mol. The van der Waals surface area contributed by atoms with Crippen LogP contribution in [0.25, 0.3) is 0 Å². The number of halogens is 2. The van der Waals surface area contributed by atoms with Gasteiger partial charge in [0, 0.05) is 21.7 Å². The molecule has 11 heavy (non-hydrogen) atoms. The van der Waals surface area contributed by atoms with E-state index < -0.39 is 0 Å². The molecule has 1 rings (SSSR count). The number of hydrogen-bond acceptors (Lipinski definition) is 1. The van der Waals surface area contributed by atoms with Crippen LogP contribution in [0.15, 0.2) is 24.3 Å². The fourth-order valence-corrected chi connectivity index (χ4v) is 1.21. The van der Waals surface area contributed by atoms with E-state index in [4.69, 9.17) is 11.6 Å². The van der Waals surface area contributed by atoms with Crippen molar-refractivity contribution in [3.8, 4) is 0 Å². The van der Waals surface area contributed by atoms with Crippen LogP contribution in [-0.4, -0.2) is 12.4 Å². The Morgan fingerprint density at radius 1 is 1.27 bits per heavy atom. The van der Waals surface area contributed by atoms with E-state index in [2.05, 4.69) is 40.0 Å². The minimum atomic E-state index is 0.645. The minimum Gasteiger partial charge on any atom is -0.384 e. The Kier molecular flexibility index (Phi) is 4.01. The summed E-state index contributed by atoms with van der Waals surface area (Å²) in [6, 6.07) is 8.23. The molecule has 0 radical (unpaired) electrons. The van der Waals surface area contributed by atoms with Gasteiger partial charge in [0.1, 0.15) is 0 Å². The largest absolute Gasteiger partial charge is 0.384 e. The van der Waals surface area contributed by atoms with Gasteiger partial charge in [-0.15, -0.1) is 11.6 Å². The standard InChI is InChI=1S/C8H9ClIN/c9-5-6-11-8-3-1-7(10)2-4-8/h1-4,11H,5-6H2. The Balaban J connectivity index is 2.52. The fraction of sp³-hybridized carbons (Fsp3) is 0.250. The molecule has 0 saturated carbocycles. The maximum atomic E-state index is 5.52. The molecule has 0 heterocycles. The van der Waals surface area contributed by atoms with E-state index in [0.717, 1.165) is 12.2 Å². The summed E-state index contributed by atoms with van der Waals surface area (Å²) in [5.74, 6) is 0.645. The van der Waals surface area contributed by atoms with Crippen LogP contribution in [0.5, 0.6) is 0 Å². The number of nitrogens with one attached hydrogen (secondary N) is 1. The van der Waals surface area contributed by atoms with Crippen molar-refractivity contribution in [1.82, 2.24) is 0 Å². The van der Waals surface area contributed by atoms with Gasteiger partial charge in [-0.1, -0.05) is 0 Å². The van der Waals surface area contributed by atoms with Crippen molar-refractivity contribution < 1.29 is 0 Å². The first-order chi connectivity index (χ1) is 5.33. The summed E-state index contributed by atoms with van der Waals surface area (Å²) in [4.78, 5) is 0. The lowest BCUT2D eigenvalue weighted by atomic mass is 10.3. The SMILES string of the molecule is ClCCNc1ccc(I)cc1. The topological polar surface area (TPSA) is 12.0 Å². The zero-order valence-corrected chi connectivity index (χ0v) is 8.89. The summed E-state index contributed by atoms with van der Waals surface area (Å²) in [6.45, 7) is 0.822. The molecule has 0 atom stereocenters. The van der Waals surface area contributed by atoms with Crippen LogP contribution in [0.2, 0.25) is 0 Å². The van der Waals surface area contributed by atoms with E-state index in [1.54, 1.807) is 0 Å². The molecule has 0 bridgehead atoms. The number of alkyl halides is 1. The number of rotatable bonds is 3. The molecule has 0 spiro atoms. The fourth-order valence-electron chi connectivity index (χ4n) is 0.759. The molecule has 0 unspecified atom stereocenters. The predicted octanol–water partition coefficient (Wildman–Crippen LogP) is 2.94. The molecule has 1 aromatic rings. The Morgan fingerprint density at radius 3 is 2.45 bits per heavy atom. The first-order valence-electron chi connectivity index (χ1n) is 3.38. The highest BCUT2D eigenvalue weighted by atomic mass is 127. The van der Waals surface area contributed by atoms with Crippen molar-refractivity contribution >= 4 is 39.9 Å². The van der Waals surface area contributed by atoms with Crippen LogP contribution in [0.1, 0.15) is 0 Å². The van der Waals surface area contributed by atoms with Gasteiger partial charge in [0.15, 0.2) is 0 Å². The zero-order valence-electron chi connectivity index (χ0n) is 5.98. The van der Waals surface area contributed by atoms with E-state index in [9.17, 15) is 0 Å². The van der Waals surface area contributed by atoms with E-state index in [1.165, 1.54) is 3.57 Å². The molecule has 0 aliphatic carbocycles. The lowest BCUT2D eigenvalue weighted by Gasteiger charge is -2.02. The molecule has 3 heteroatoms. The highest BCUT2D eigenvalue weighted by Gasteiger charge is 1.89. The average molecular weight is 282 g/mol. The minimum absolute atomic E-state index is 0.645. The first-order valence-corrected chi connectivity index (χ1v) is 4.99. The summed E-state index contributed by atoms with van der Waals surface area (Å²) in [7, 11) is 0. The van der Waals surface area contributed by atoms with Gasteiger partial charge in [-0.2, -0.15) is 0 Å². The maximum Gasteiger partial charge on any atom is 0.0396 e. The quantitative estimate of drug-likeness (QED) is 0.663. The summed E-state index contributed by atoms with van der Waals surface area (Å²) in [6.07, 6.45) is 0. The van der Waals surface area contributed by atoms with Crippen molar-refractivity contribution in [3.05, 3.63) is 27.8 Å². The Hall–Kier alpha value is 0.0400. The van der Waals surface area contributed by atoms with Crippen molar-refractivity contribution in [1.29, 1.82) is 0 Å². The van der Waals surface area contributed by atoms with Crippen molar-refractivity contribution in [3.63, 3.8) is 0 Å². The lowest BCUT2D eigenvalue weighted by molar-refractivity contribution is 1.22. The molecule has 0 amide bonds. The first kappa shape index (κ1) is 9.13. The predicted molar refractivity (Wildman–Crippen MR) is 58.4 cm³/mol. The Bertz CT molecular complexity index is 210. The molecule has 1 N–H and O–H groups in total. The summed E-state index contributed by atoms with van der Waals surface area (Å²) in [5, 5.41) is 3.19. The van der Waals surface area contributed by atoms with Gasteiger partial charge < -0.3 is 5.32 Å². The van der Waals surface area contributed by atoms with Crippen molar-refractivity contribution in [2.24, 2.45) is 0 Å². The summed E-state index contributed by atoms with van der Waals surface area (Å²) in [5.41, 5.74) is 1.13. The summed E-state index contributed by atoms with van der Waals surface area (Å²) < 4.78 is 1.25. The molecule has 1 nitrogen and oxygen atoms in total. The van der Waals surface area contributed by atoms with E-state index >= 15 is 0 Å². The van der Waals surface area contributed by atoms with Crippen LogP contribution in [0, 0.1) is 3.57 Å². The average Bonchev–Trinajstić information content (AvgIpc) is 2.04. The van der Waals surface area contributed by atoms with Crippen LogP contribution in [-0.2, 0) is 0 Å². The molecular weight excluding hydrogens is 272 g/mol. The van der Waals surface area contributed by atoms with Crippen molar-refractivity contribution in [2.45, 2.75) is 0 Å². The van der Waals surface area contributed by atoms with Gasteiger partial charge >= 0.3 is 0 Å². The molecule has 0 aliphatic heterocycles. The second-order valence-electron chi connectivity index (χ2n) is 2.12. The highest BCUT2D eigenvalue weighted by Crippen LogP contribution is 2.10. The van der Waals surface area contributed by atoms with Gasteiger partial charge in [-0.3, -0.25) is 0 Å². The third-order valence-electron chi connectivity index (χ3n) is 1.27. The Morgan fingerprint density at radius 2 is 1.91 bits per heavy atom. The van der Waals surface area contributed by atoms with Crippen LogP contribution in [0.3, 0.4) is 0 Å². The zero-order chi connectivity index (χ0) is 8.10. The molecule has 60 valence electrons. The molecule has 0 aliphatic rings. The maximum absolute atomic E-state index is 5.52. The van der Waals surface area contributed by atoms with Crippen molar-refractivity contribution in [2.75, 3.05) is 17.7 Å². The third kappa shape index (κ3) is 3.29. The number of anilines is 1. The summed E-state index contributed by atoms with van der Waals surface area (Å²) >= 11 is 7.80. The molecule has 0 aromatic heterocycles. The van der Waals surface area contributed by atoms with Crippen LogP contribution < -0.4 is 5.32 Å². The molecule has 1 aromatic carbocycles. The lowest BCUT2D eigenvalue weighted by Crippen LogP contribution is -2.01. The van der Waals surface area contributed by atoms with Crippen LogP contribution in [0.4, 0.5) is 5.69 Å². The van der Waals surface area contributed by atoms with Gasteiger partial charge in [-0.05, 0) is 46.9 Å².